The summed E-state index contributed by atoms with van der Waals surface area (Å²) in [5.74, 6) is 0.174. The molecule has 5 heteroatoms. The van der Waals surface area contributed by atoms with E-state index in [1.807, 2.05) is 13.0 Å². The second kappa shape index (κ2) is 5.31. The lowest BCUT2D eigenvalue weighted by Crippen LogP contribution is -2.55. The Bertz CT molecular complexity index is 567. The fourth-order valence-electron chi connectivity index (χ4n) is 3.11. The lowest BCUT2D eigenvalue weighted by molar-refractivity contribution is 0.00952. The topological polar surface area (TPSA) is 75.0 Å². The SMILES string of the molecule is Cc1cc(C(=O)C2CC3COCC(C2)N3)cnc1C#N. The van der Waals surface area contributed by atoms with Gasteiger partial charge in [0.2, 0.25) is 0 Å². The minimum Gasteiger partial charge on any atom is -0.378 e. The third-order valence-electron chi connectivity index (χ3n) is 4.09. The summed E-state index contributed by atoms with van der Waals surface area (Å²) in [5.41, 5.74) is 1.76. The van der Waals surface area contributed by atoms with E-state index in [2.05, 4.69) is 10.3 Å². The Morgan fingerprint density at radius 1 is 1.45 bits per heavy atom. The van der Waals surface area contributed by atoms with Crippen molar-refractivity contribution in [3.8, 4) is 6.07 Å². The average molecular weight is 271 g/mol. The molecule has 1 aromatic rings. The molecular formula is C15H17N3O2. The summed E-state index contributed by atoms with van der Waals surface area (Å²) in [6.45, 7) is 3.18. The van der Waals surface area contributed by atoms with Crippen LogP contribution in [-0.2, 0) is 4.74 Å². The predicted octanol–water partition coefficient (Wildman–Crippen LogP) is 1.21. The number of hydrogen-bond donors (Lipinski definition) is 1. The molecule has 0 radical (unpaired) electrons. The van der Waals surface area contributed by atoms with Gasteiger partial charge in [-0.25, -0.2) is 4.98 Å². The maximum absolute atomic E-state index is 12.6. The Morgan fingerprint density at radius 3 is 2.75 bits per heavy atom. The number of piperidine rings is 1. The molecule has 0 saturated carbocycles. The molecule has 5 nitrogen and oxygen atoms in total. The van der Waals surface area contributed by atoms with Gasteiger partial charge >= 0.3 is 0 Å². The molecule has 1 N–H and O–H groups in total. The molecule has 0 spiro atoms. The molecule has 1 aromatic heterocycles. The van der Waals surface area contributed by atoms with Crippen LogP contribution >= 0.6 is 0 Å². The van der Waals surface area contributed by atoms with E-state index in [4.69, 9.17) is 10.00 Å². The first kappa shape index (κ1) is 13.2. The maximum Gasteiger partial charge on any atom is 0.167 e. The molecule has 2 aliphatic heterocycles. The van der Waals surface area contributed by atoms with E-state index in [0.29, 0.717) is 24.5 Å². The molecule has 104 valence electrons. The van der Waals surface area contributed by atoms with E-state index >= 15 is 0 Å². The number of rotatable bonds is 2. The van der Waals surface area contributed by atoms with Gasteiger partial charge in [-0.1, -0.05) is 0 Å². The van der Waals surface area contributed by atoms with Crippen molar-refractivity contribution in [3.05, 3.63) is 29.1 Å². The number of hydrogen-bond acceptors (Lipinski definition) is 5. The van der Waals surface area contributed by atoms with Crippen molar-refractivity contribution in [2.75, 3.05) is 13.2 Å². The summed E-state index contributed by atoms with van der Waals surface area (Å²) in [6, 6.07) is 4.37. The first-order valence-corrected chi connectivity index (χ1v) is 6.92. The van der Waals surface area contributed by atoms with Crippen LogP contribution in [0.2, 0.25) is 0 Å². The smallest absolute Gasteiger partial charge is 0.167 e. The van der Waals surface area contributed by atoms with Crippen LogP contribution in [0.5, 0.6) is 0 Å². The molecule has 2 atom stereocenters. The number of aromatic nitrogens is 1. The van der Waals surface area contributed by atoms with E-state index in [0.717, 1.165) is 18.4 Å². The van der Waals surface area contributed by atoms with Gasteiger partial charge in [0.05, 0.1) is 13.2 Å². The van der Waals surface area contributed by atoms with E-state index in [1.54, 1.807) is 6.07 Å². The summed E-state index contributed by atoms with van der Waals surface area (Å²) < 4.78 is 5.50. The first-order valence-electron chi connectivity index (χ1n) is 6.92. The number of Topliss-reactive ketones (excluding diaryl/α,β-unsaturated/α-hetero) is 1. The van der Waals surface area contributed by atoms with Gasteiger partial charge in [0.25, 0.3) is 0 Å². The molecule has 3 rings (SSSR count). The summed E-state index contributed by atoms with van der Waals surface area (Å²) in [7, 11) is 0. The van der Waals surface area contributed by atoms with Gasteiger partial charge < -0.3 is 10.1 Å². The molecule has 2 bridgehead atoms. The molecule has 0 aliphatic carbocycles. The molecule has 2 saturated heterocycles. The largest absolute Gasteiger partial charge is 0.378 e. The standard InChI is InChI=1S/C15H17N3O2/c1-9-2-11(6-17-14(9)5-16)15(19)10-3-12-7-20-8-13(4-10)18-12/h2,6,10,12-13,18H,3-4,7-8H2,1H3. The molecule has 20 heavy (non-hydrogen) atoms. The fourth-order valence-corrected chi connectivity index (χ4v) is 3.11. The van der Waals surface area contributed by atoms with Crippen molar-refractivity contribution in [1.29, 1.82) is 5.26 Å². The number of pyridine rings is 1. The van der Waals surface area contributed by atoms with Crippen LogP contribution in [0.15, 0.2) is 12.3 Å². The van der Waals surface area contributed by atoms with Gasteiger partial charge in [-0.3, -0.25) is 4.79 Å². The molecule has 3 heterocycles. The maximum atomic E-state index is 12.6. The summed E-state index contributed by atoms with van der Waals surface area (Å²) in [5, 5.41) is 12.4. The van der Waals surface area contributed by atoms with Crippen LogP contribution in [0.4, 0.5) is 0 Å². The number of nitriles is 1. The van der Waals surface area contributed by atoms with Gasteiger partial charge in [-0.15, -0.1) is 0 Å². The van der Waals surface area contributed by atoms with Gasteiger partial charge in [0, 0.05) is 29.8 Å². The molecule has 2 aliphatic rings. The number of nitrogens with zero attached hydrogens (tertiary/aromatic N) is 2. The van der Waals surface area contributed by atoms with Crippen molar-refractivity contribution in [3.63, 3.8) is 0 Å². The van der Waals surface area contributed by atoms with E-state index in [-0.39, 0.29) is 23.8 Å². The highest BCUT2D eigenvalue weighted by atomic mass is 16.5. The number of carbonyl (C=O) groups is 1. The number of ether oxygens (including phenoxy) is 1. The number of nitrogens with one attached hydrogen (secondary N) is 1. The average Bonchev–Trinajstić information content (AvgIpc) is 2.46. The number of aryl methyl sites for hydroxylation is 1. The van der Waals surface area contributed by atoms with Crippen LogP contribution in [0.3, 0.4) is 0 Å². The van der Waals surface area contributed by atoms with Crippen LogP contribution in [0.25, 0.3) is 0 Å². The molecule has 2 fully saturated rings. The third kappa shape index (κ3) is 2.45. The minimum absolute atomic E-state index is 0.0317. The zero-order chi connectivity index (χ0) is 14.1. The van der Waals surface area contributed by atoms with Crippen molar-refractivity contribution in [2.45, 2.75) is 31.8 Å². The van der Waals surface area contributed by atoms with Crippen molar-refractivity contribution in [1.82, 2.24) is 10.3 Å². The monoisotopic (exact) mass is 271 g/mol. The molecule has 2 unspecified atom stereocenters. The Balaban J connectivity index is 1.79. The highest BCUT2D eigenvalue weighted by Crippen LogP contribution is 2.27. The van der Waals surface area contributed by atoms with Crippen LogP contribution in [-0.4, -0.2) is 36.1 Å². The molecular weight excluding hydrogens is 254 g/mol. The zero-order valence-electron chi connectivity index (χ0n) is 11.4. The highest BCUT2D eigenvalue weighted by Gasteiger charge is 2.35. The quantitative estimate of drug-likeness (QED) is 0.818. The van der Waals surface area contributed by atoms with E-state index in [1.165, 1.54) is 6.20 Å². The van der Waals surface area contributed by atoms with Crippen LogP contribution in [0.1, 0.15) is 34.5 Å². The first-order chi connectivity index (χ1) is 9.67. The van der Waals surface area contributed by atoms with Gasteiger partial charge in [0.15, 0.2) is 5.78 Å². The second-order valence-electron chi connectivity index (χ2n) is 5.63. The lowest BCUT2D eigenvalue weighted by atomic mass is 9.82. The van der Waals surface area contributed by atoms with E-state index in [9.17, 15) is 4.79 Å². The van der Waals surface area contributed by atoms with Gasteiger partial charge in [-0.05, 0) is 31.4 Å². The van der Waals surface area contributed by atoms with E-state index < -0.39 is 0 Å². The van der Waals surface area contributed by atoms with Gasteiger partial charge in [-0.2, -0.15) is 5.26 Å². The molecule has 0 amide bonds. The second-order valence-corrected chi connectivity index (χ2v) is 5.63. The number of fused-ring (bicyclic) bond motifs is 2. The van der Waals surface area contributed by atoms with Gasteiger partial charge in [0.1, 0.15) is 11.8 Å². The molecule has 0 aromatic carbocycles. The predicted molar refractivity (Wildman–Crippen MR) is 72.3 cm³/mol. The Labute approximate surface area is 118 Å². The van der Waals surface area contributed by atoms with Crippen molar-refractivity contribution < 1.29 is 9.53 Å². The zero-order valence-corrected chi connectivity index (χ0v) is 11.4. The number of morpholine rings is 1. The van der Waals surface area contributed by atoms with Crippen molar-refractivity contribution >= 4 is 5.78 Å². The number of carbonyl (C=O) groups excluding carboxylic acids is 1. The Kier molecular flexibility index (Phi) is 3.51. The summed E-state index contributed by atoms with van der Waals surface area (Å²) in [4.78, 5) is 16.7. The normalized spacial score (nSPS) is 28.7. The summed E-state index contributed by atoms with van der Waals surface area (Å²) in [6.07, 6.45) is 3.16. The highest BCUT2D eigenvalue weighted by molar-refractivity contribution is 5.98. The third-order valence-corrected chi connectivity index (χ3v) is 4.09. The lowest BCUT2D eigenvalue weighted by Gasteiger charge is -2.39. The minimum atomic E-state index is 0.0317. The number of ketones is 1. The van der Waals surface area contributed by atoms with Crippen molar-refractivity contribution in [2.24, 2.45) is 5.92 Å². The van der Waals surface area contributed by atoms with Crippen LogP contribution in [0, 0.1) is 24.2 Å². The Morgan fingerprint density at radius 2 is 2.15 bits per heavy atom. The Hall–Kier alpha value is -1.77. The van der Waals surface area contributed by atoms with Crippen LogP contribution < -0.4 is 5.32 Å². The summed E-state index contributed by atoms with van der Waals surface area (Å²) >= 11 is 0. The fraction of sp³-hybridized carbons (Fsp3) is 0.533.